The van der Waals surface area contributed by atoms with Gasteiger partial charge in [0.05, 0.1) is 12.5 Å². The first kappa shape index (κ1) is 14.0. The molecular weight excluding hydrogens is 254 g/mol. The Labute approximate surface area is 120 Å². The van der Waals surface area contributed by atoms with Gasteiger partial charge in [-0.05, 0) is 52.1 Å². The van der Waals surface area contributed by atoms with Crippen LogP contribution in [-0.2, 0) is 9.59 Å². The fourth-order valence-corrected chi connectivity index (χ4v) is 4.17. The van der Waals surface area contributed by atoms with Crippen molar-refractivity contribution in [3.05, 3.63) is 0 Å². The molecule has 5 heteroatoms. The number of hydrogen-bond acceptors (Lipinski definition) is 4. The van der Waals surface area contributed by atoms with E-state index in [4.69, 9.17) is 0 Å². The first-order chi connectivity index (χ1) is 9.60. The van der Waals surface area contributed by atoms with Gasteiger partial charge in [0, 0.05) is 18.6 Å². The number of likely N-dealkylation sites (N-methyl/N-ethyl adjacent to an activating group) is 1. The summed E-state index contributed by atoms with van der Waals surface area (Å²) in [6.45, 7) is 3.23. The van der Waals surface area contributed by atoms with E-state index in [2.05, 4.69) is 17.3 Å². The van der Waals surface area contributed by atoms with Gasteiger partial charge in [0.1, 0.15) is 0 Å². The molecular formula is C15H25N3O2. The highest BCUT2D eigenvalue weighted by Crippen LogP contribution is 2.37. The number of nitrogens with one attached hydrogen (secondary N) is 1. The summed E-state index contributed by atoms with van der Waals surface area (Å²) in [7, 11) is 2.24. The minimum absolute atomic E-state index is 0.0292. The largest absolute Gasteiger partial charge is 0.305 e. The molecule has 3 aliphatic heterocycles. The van der Waals surface area contributed by atoms with Gasteiger partial charge in [0.2, 0.25) is 11.8 Å². The van der Waals surface area contributed by atoms with E-state index < -0.39 is 0 Å². The number of hydrogen-bond donors (Lipinski definition) is 1. The molecule has 20 heavy (non-hydrogen) atoms. The van der Waals surface area contributed by atoms with Crippen LogP contribution < -0.4 is 5.32 Å². The SMILES string of the molecule is CCN1C(=O)CC(NCC2CC3CCC(C2)N3C)C1=O. The number of rotatable bonds is 4. The lowest BCUT2D eigenvalue weighted by Gasteiger charge is -2.36. The predicted octanol–water partition coefficient (Wildman–Crippen LogP) is 0.596. The van der Waals surface area contributed by atoms with Gasteiger partial charge in [-0.3, -0.25) is 14.5 Å². The van der Waals surface area contributed by atoms with Crippen molar-refractivity contribution >= 4 is 11.8 Å². The van der Waals surface area contributed by atoms with E-state index in [-0.39, 0.29) is 17.9 Å². The first-order valence-electron chi connectivity index (χ1n) is 7.89. The van der Waals surface area contributed by atoms with Crippen LogP contribution in [-0.4, -0.2) is 59.9 Å². The molecule has 3 rings (SSSR count). The minimum Gasteiger partial charge on any atom is -0.305 e. The molecule has 3 saturated heterocycles. The normalized spacial score (nSPS) is 38.0. The third-order valence-corrected chi connectivity index (χ3v) is 5.41. The molecule has 3 heterocycles. The van der Waals surface area contributed by atoms with Gasteiger partial charge in [0.25, 0.3) is 0 Å². The van der Waals surface area contributed by atoms with Crippen molar-refractivity contribution < 1.29 is 9.59 Å². The van der Waals surface area contributed by atoms with Crippen LogP contribution in [0.3, 0.4) is 0 Å². The lowest BCUT2D eigenvalue weighted by atomic mass is 9.91. The van der Waals surface area contributed by atoms with Crippen molar-refractivity contribution in [2.45, 2.75) is 57.2 Å². The lowest BCUT2D eigenvalue weighted by molar-refractivity contribution is -0.138. The van der Waals surface area contributed by atoms with Crippen LogP contribution in [0.1, 0.15) is 39.0 Å². The summed E-state index contributed by atoms with van der Waals surface area (Å²) in [6, 6.07) is 1.18. The third-order valence-electron chi connectivity index (χ3n) is 5.41. The highest BCUT2D eigenvalue weighted by molar-refractivity contribution is 6.05. The van der Waals surface area contributed by atoms with Gasteiger partial charge in [-0.15, -0.1) is 0 Å². The van der Waals surface area contributed by atoms with Crippen LogP contribution in [0.4, 0.5) is 0 Å². The third kappa shape index (κ3) is 2.37. The molecule has 0 spiro atoms. The van der Waals surface area contributed by atoms with E-state index in [1.807, 2.05) is 6.92 Å². The molecule has 112 valence electrons. The molecule has 3 atom stereocenters. The maximum absolute atomic E-state index is 12.0. The highest BCUT2D eigenvalue weighted by atomic mass is 16.2. The summed E-state index contributed by atoms with van der Waals surface area (Å²) in [5.41, 5.74) is 0. The van der Waals surface area contributed by atoms with Crippen molar-refractivity contribution in [1.29, 1.82) is 0 Å². The van der Waals surface area contributed by atoms with E-state index in [0.29, 0.717) is 18.9 Å². The van der Waals surface area contributed by atoms with Crippen molar-refractivity contribution in [3.8, 4) is 0 Å². The van der Waals surface area contributed by atoms with Crippen LogP contribution in [0.25, 0.3) is 0 Å². The number of imide groups is 1. The Hall–Kier alpha value is -0.940. The summed E-state index contributed by atoms with van der Waals surface area (Å²) in [5.74, 6) is 0.592. The molecule has 0 aliphatic carbocycles. The Morgan fingerprint density at radius 1 is 1.20 bits per heavy atom. The van der Waals surface area contributed by atoms with E-state index >= 15 is 0 Å². The lowest BCUT2D eigenvalue weighted by Crippen LogP contribution is -2.45. The van der Waals surface area contributed by atoms with Gasteiger partial charge in [0.15, 0.2) is 0 Å². The Morgan fingerprint density at radius 3 is 2.40 bits per heavy atom. The molecule has 5 nitrogen and oxygen atoms in total. The average molecular weight is 279 g/mol. The summed E-state index contributed by atoms with van der Waals surface area (Å²) in [5, 5.41) is 3.35. The highest BCUT2D eigenvalue weighted by Gasteiger charge is 2.40. The van der Waals surface area contributed by atoms with Crippen LogP contribution in [0.5, 0.6) is 0 Å². The molecule has 2 amide bonds. The van der Waals surface area contributed by atoms with Gasteiger partial charge in [-0.2, -0.15) is 0 Å². The van der Waals surface area contributed by atoms with Crippen molar-refractivity contribution in [1.82, 2.24) is 15.1 Å². The molecule has 0 radical (unpaired) electrons. The molecule has 0 saturated carbocycles. The van der Waals surface area contributed by atoms with Gasteiger partial charge < -0.3 is 10.2 Å². The topological polar surface area (TPSA) is 52.7 Å². The molecule has 0 aromatic heterocycles. The van der Waals surface area contributed by atoms with Crippen LogP contribution in [0.2, 0.25) is 0 Å². The van der Waals surface area contributed by atoms with Crippen LogP contribution in [0.15, 0.2) is 0 Å². The zero-order valence-electron chi connectivity index (χ0n) is 12.5. The van der Waals surface area contributed by atoms with E-state index in [1.54, 1.807) is 0 Å². The Bertz CT molecular complexity index is 398. The van der Waals surface area contributed by atoms with Gasteiger partial charge >= 0.3 is 0 Å². The minimum atomic E-state index is -0.278. The molecule has 0 aromatic carbocycles. The number of fused-ring (bicyclic) bond motifs is 2. The number of amides is 2. The van der Waals surface area contributed by atoms with E-state index in [9.17, 15) is 9.59 Å². The van der Waals surface area contributed by atoms with Gasteiger partial charge in [-0.25, -0.2) is 0 Å². The monoisotopic (exact) mass is 279 g/mol. The fraction of sp³-hybridized carbons (Fsp3) is 0.867. The molecule has 3 unspecified atom stereocenters. The van der Waals surface area contributed by atoms with Gasteiger partial charge in [-0.1, -0.05) is 0 Å². The number of nitrogens with zero attached hydrogens (tertiary/aromatic N) is 2. The summed E-state index contributed by atoms with van der Waals surface area (Å²) in [6.07, 6.45) is 5.44. The average Bonchev–Trinajstić information content (AvgIpc) is 2.81. The summed E-state index contributed by atoms with van der Waals surface area (Å²) >= 11 is 0. The number of piperidine rings is 1. The van der Waals surface area contributed by atoms with E-state index in [1.165, 1.54) is 30.6 Å². The molecule has 2 bridgehead atoms. The number of carbonyl (C=O) groups is 2. The Morgan fingerprint density at radius 2 is 1.85 bits per heavy atom. The molecule has 1 N–H and O–H groups in total. The predicted molar refractivity (Wildman–Crippen MR) is 76.1 cm³/mol. The standard InChI is InChI=1S/C15H25N3O2/c1-3-18-14(19)8-13(15(18)20)16-9-10-6-11-4-5-12(7-10)17(11)2/h10-13,16H,3-9H2,1-2H3. The Kier molecular flexibility index (Phi) is 3.82. The molecule has 0 aromatic rings. The van der Waals surface area contributed by atoms with Crippen molar-refractivity contribution in [2.75, 3.05) is 20.1 Å². The second-order valence-electron chi connectivity index (χ2n) is 6.53. The zero-order chi connectivity index (χ0) is 14.3. The van der Waals surface area contributed by atoms with Crippen LogP contribution in [0, 0.1) is 5.92 Å². The number of carbonyl (C=O) groups excluding carboxylic acids is 2. The quantitative estimate of drug-likeness (QED) is 0.766. The fourth-order valence-electron chi connectivity index (χ4n) is 4.17. The molecule has 3 aliphatic rings. The first-order valence-corrected chi connectivity index (χ1v) is 7.89. The second kappa shape index (κ2) is 5.45. The zero-order valence-corrected chi connectivity index (χ0v) is 12.5. The summed E-state index contributed by atoms with van der Waals surface area (Å²) in [4.78, 5) is 27.6. The Balaban J connectivity index is 1.51. The second-order valence-corrected chi connectivity index (χ2v) is 6.53. The smallest absolute Gasteiger partial charge is 0.246 e. The van der Waals surface area contributed by atoms with Crippen LogP contribution >= 0.6 is 0 Å². The van der Waals surface area contributed by atoms with Crippen molar-refractivity contribution in [3.63, 3.8) is 0 Å². The van der Waals surface area contributed by atoms with E-state index in [0.717, 1.165) is 18.6 Å². The maximum Gasteiger partial charge on any atom is 0.246 e. The molecule has 3 fully saturated rings. The van der Waals surface area contributed by atoms with Crippen molar-refractivity contribution in [2.24, 2.45) is 5.92 Å². The summed E-state index contributed by atoms with van der Waals surface area (Å²) < 4.78 is 0. The maximum atomic E-state index is 12.0. The number of likely N-dealkylation sites (tertiary alicyclic amines) is 1.